The molecule has 152 valence electrons. The van der Waals surface area contributed by atoms with Crippen molar-refractivity contribution >= 4 is 39.5 Å². The van der Waals surface area contributed by atoms with Gasteiger partial charge in [-0.1, -0.05) is 27.7 Å². The number of likely N-dealkylation sites (tertiary alicyclic amines) is 1. The monoisotopic (exact) mass is 419 g/mol. The number of nitrogens with one attached hydrogen (secondary N) is 1. The topological polar surface area (TPSA) is 62.3 Å². The minimum atomic E-state index is -0.465. The Balaban J connectivity index is 1.72. The lowest BCUT2D eigenvalue weighted by Gasteiger charge is -2.31. The van der Waals surface area contributed by atoms with Crippen LogP contribution in [-0.2, 0) is 11.2 Å². The number of hydrogen-bond acceptors (Lipinski definition) is 5. The van der Waals surface area contributed by atoms with E-state index in [4.69, 9.17) is 4.98 Å². The first-order valence-corrected chi connectivity index (χ1v) is 11.5. The first kappa shape index (κ1) is 21.0. The highest BCUT2D eigenvalue weighted by molar-refractivity contribution is 7.18. The maximum absolute atomic E-state index is 13.2. The van der Waals surface area contributed by atoms with Crippen molar-refractivity contribution in [2.45, 2.75) is 59.8 Å². The first-order chi connectivity index (χ1) is 13.2. The predicted octanol–water partition coefficient (Wildman–Crippen LogP) is 5.08. The molecular formula is C21H29N3O2S2. The molecule has 0 saturated carbocycles. The lowest BCUT2D eigenvalue weighted by molar-refractivity contribution is -0.123. The smallest absolute Gasteiger partial charge is 0.264 e. The quantitative estimate of drug-likeness (QED) is 0.752. The van der Waals surface area contributed by atoms with Crippen LogP contribution in [0.3, 0.4) is 0 Å². The highest BCUT2D eigenvalue weighted by Gasteiger charge is 2.29. The maximum atomic E-state index is 13.2. The average Bonchev–Trinajstić information content (AvgIpc) is 3.27. The SMILES string of the molecule is CCc1csc(C2CCCN(C(=O)c3sc(NC(=O)C(C)(C)C)cc3C)C2)n1. The van der Waals surface area contributed by atoms with Gasteiger partial charge in [0.25, 0.3) is 5.91 Å². The third-order valence-electron chi connectivity index (χ3n) is 5.02. The van der Waals surface area contributed by atoms with Crippen molar-refractivity contribution in [2.24, 2.45) is 5.41 Å². The molecule has 3 rings (SSSR count). The van der Waals surface area contributed by atoms with Crippen LogP contribution in [0.4, 0.5) is 5.00 Å². The van der Waals surface area contributed by atoms with Gasteiger partial charge in [-0.05, 0) is 37.8 Å². The second kappa shape index (κ2) is 8.33. The van der Waals surface area contributed by atoms with Crippen LogP contribution in [0.2, 0.25) is 0 Å². The average molecular weight is 420 g/mol. The van der Waals surface area contributed by atoms with Gasteiger partial charge in [0.1, 0.15) is 0 Å². The summed E-state index contributed by atoms with van der Waals surface area (Å²) in [5.74, 6) is 0.348. The van der Waals surface area contributed by atoms with Gasteiger partial charge < -0.3 is 10.2 Å². The molecule has 3 heterocycles. The van der Waals surface area contributed by atoms with Gasteiger partial charge in [0, 0.05) is 29.8 Å². The summed E-state index contributed by atoms with van der Waals surface area (Å²) in [4.78, 5) is 32.8. The number of carbonyl (C=O) groups is 2. The van der Waals surface area contributed by atoms with Crippen molar-refractivity contribution in [1.29, 1.82) is 0 Å². The molecule has 1 N–H and O–H groups in total. The number of aromatic nitrogens is 1. The van der Waals surface area contributed by atoms with Crippen molar-refractivity contribution in [2.75, 3.05) is 18.4 Å². The van der Waals surface area contributed by atoms with Crippen LogP contribution in [0.25, 0.3) is 0 Å². The number of rotatable bonds is 4. The van der Waals surface area contributed by atoms with E-state index in [2.05, 4.69) is 17.6 Å². The summed E-state index contributed by atoms with van der Waals surface area (Å²) in [6.45, 7) is 11.2. The second-order valence-electron chi connectivity index (χ2n) is 8.45. The Morgan fingerprint density at radius 1 is 1.36 bits per heavy atom. The molecule has 0 spiro atoms. The van der Waals surface area contributed by atoms with Crippen molar-refractivity contribution in [3.8, 4) is 0 Å². The molecule has 0 bridgehead atoms. The Bertz CT molecular complexity index is 863. The molecule has 1 unspecified atom stereocenters. The molecule has 28 heavy (non-hydrogen) atoms. The third-order valence-corrected chi connectivity index (χ3v) is 7.22. The van der Waals surface area contributed by atoms with Crippen LogP contribution in [0.1, 0.15) is 72.4 Å². The van der Waals surface area contributed by atoms with Gasteiger partial charge in [0.05, 0.1) is 20.6 Å². The zero-order valence-electron chi connectivity index (χ0n) is 17.3. The minimum absolute atomic E-state index is 0.0405. The molecule has 2 amide bonds. The Kier molecular flexibility index (Phi) is 6.25. The summed E-state index contributed by atoms with van der Waals surface area (Å²) in [6, 6.07) is 1.90. The van der Waals surface area contributed by atoms with E-state index in [0.29, 0.717) is 5.92 Å². The summed E-state index contributed by atoms with van der Waals surface area (Å²) >= 11 is 3.09. The van der Waals surface area contributed by atoms with Crippen molar-refractivity contribution in [3.05, 3.63) is 32.6 Å². The molecule has 0 radical (unpaired) electrons. The highest BCUT2D eigenvalue weighted by atomic mass is 32.1. The lowest BCUT2D eigenvalue weighted by Crippen LogP contribution is -2.39. The van der Waals surface area contributed by atoms with E-state index in [0.717, 1.165) is 58.5 Å². The number of thiophene rings is 1. The number of hydrogen-bond donors (Lipinski definition) is 1. The van der Waals surface area contributed by atoms with Crippen LogP contribution < -0.4 is 5.32 Å². The molecule has 1 fully saturated rings. The van der Waals surface area contributed by atoms with E-state index in [9.17, 15) is 9.59 Å². The molecular weight excluding hydrogens is 390 g/mol. The Hall–Kier alpha value is -1.73. The number of amides is 2. The van der Waals surface area contributed by atoms with E-state index in [1.165, 1.54) is 11.3 Å². The van der Waals surface area contributed by atoms with Gasteiger partial charge in [-0.3, -0.25) is 9.59 Å². The van der Waals surface area contributed by atoms with Crippen LogP contribution in [0.15, 0.2) is 11.4 Å². The fraction of sp³-hybridized carbons (Fsp3) is 0.571. The fourth-order valence-corrected chi connectivity index (χ4v) is 5.30. The number of piperidine rings is 1. The number of thiazole rings is 1. The lowest BCUT2D eigenvalue weighted by atomic mass is 9.96. The number of nitrogens with zero attached hydrogens (tertiary/aromatic N) is 2. The molecule has 1 aliphatic heterocycles. The van der Waals surface area contributed by atoms with E-state index < -0.39 is 5.41 Å². The van der Waals surface area contributed by atoms with E-state index in [1.807, 2.05) is 38.7 Å². The highest BCUT2D eigenvalue weighted by Crippen LogP contribution is 2.33. The zero-order chi connectivity index (χ0) is 20.5. The van der Waals surface area contributed by atoms with Crippen molar-refractivity contribution < 1.29 is 9.59 Å². The summed E-state index contributed by atoms with van der Waals surface area (Å²) in [5.41, 5.74) is 1.59. The van der Waals surface area contributed by atoms with Gasteiger partial charge in [0.15, 0.2) is 0 Å². The minimum Gasteiger partial charge on any atom is -0.337 e. The van der Waals surface area contributed by atoms with Crippen LogP contribution in [0, 0.1) is 12.3 Å². The van der Waals surface area contributed by atoms with Crippen molar-refractivity contribution in [3.63, 3.8) is 0 Å². The van der Waals surface area contributed by atoms with E-state index >= 15 is 0 Å². The molecule has 1 aliphatic rings. The Morgan fingerprint density at radius 3 is 2.75 bits per heavy atom. The largest absolute Gasteiger partial charge is 0.337 e. The van der Waals surface area contributed by atoms with Crippen LogP contribution >= 0.6 is 22.7 Å². The zero-order valence-corrected chi connectivity index (χ0v) is 18.9. The van der Waals surface area contributed by atoms with Gasteiger partial charge in [0.2, 0.25) is 5.91 Å². The standard InChI is InChI=1S/C21H29N3O2S2/c1-6-15-12-27-18(22-15)14-8-7-9-24(11-14)19(25)17-13(2)10-16(28-17)23-20(26)21(3,4)5/h10,12,14H,6-9,11H2,1-5H3,(H,23,26). The van der Waals surface area contributed by atoms with E-state index in [-0.39, 0.29) is 11.8 Å². The molecule has 0 aromatic carbocycles. The number of aryl methyl sites for hydroxylation is 2. The molecule has 0 aliphatic carbocycles. The van der Waals surface area contributed by atoms with Gasteiger partial charge in [-0.25, -0.2) is 4.98 Å². The predicted molar refractivity (Wildman–Crippen MR) is 117 cm³/mol. The normalized spacial score (nSPS) is 17.6. The summed E-state index contributed by atoms with van der Waals surface area (Å²) in [7, 11) is 0. The van der Waals surface area contributed by atoms with Crippen molar-refractivity contribution in [1.82, 2.24) is 9.88 Å². The Labute approximate surface area is 175 Å². The summed E-state index contributed by atoms with van der Waals surface area (Å²) in [5, 5.41) is 6.96. The van der Waals surface area contributed by atoms with Gasteiger partial charge in [-0.15, -0.1) is 22.7 Å². The summed E-state index contributed by atoms with van der Waals surface area (Å²) < 4.78 is 0. The number of carbonyl (C=O) groups excluding carboxylic acids is 2. The Morgan fingerprint density at radius 2 is 2.11 bits per heavy atom. The molecule has 1 saturated heterocycles. The molecule has 1 atom stereocenters. The second-order valence-corrected chi connectivity index (χ2v) is 10.4. The fourth-order valence-electron chi connectivity index (χ4n) is 3.23. The molecule has 5 nitrogen and oxygen atoms in total. The summed E-state index contributed by atoms with van der Waals surface area (Å²) in [6.07, 6.45) is 3.02. The maximum Gasteiger partial charge on any atom is 0.264 e. The van der Waals surface area contributed by atoms with Gasteiger partial charge >= 0.3 is 0 Å². The van der Waals surface area contributed by atoms with E-state index in [1.54, 1.807) is 11.3 Å². The number of anilines is 1. The van der Waals surface area contributed by atoms with Gasteiger partial charge in [-0.2, -0.15) is 0 Å². The molecule has 2 aromatic rings. The first-order valence-electron chi connectivity index (χ1n) is 9.84. The van der Waals surface area contributed by atoms with Crippen LogP contribution in [0.5, 0.6) is 0 Å². The third kappa shape index (κ3) is 4.63. The van der Waals surface area contributed by atoms with Crippen LogP contribution in [-0.4, -0.2) is 34.8 Å². The molecule has 7 heteroatoms. The molecule has 2 aromatic heterocycles.